The first-order chi connectivity index (χ1) is 21.5. The van der Waals surface area contributed by atoms with Crippen LogP contribution in [0.4, 0.5) is 11.8 Å². The highest BCUT2D eigenvalue weighted by Gasteiger charge is 2.29. The van der Waals surface area contributed by atoms with Gasteiger partial charge in [0.2, 0.25) is 11.9 Å². The third-order valence-corrected chi connectivity index (χ3v) is 9.66. The predicted molar refractivity (Wildman–Crippen MR) is 187 cm³/mol. The van der Waals surface area contributed by atoms with Gasteiger partial charge >= 0.3 is 0 Å². The molecular weight excluding hydrogens is 579 g/mol. The molecule has 1 saturated carbocycles. The van der Waals surface area contributed by atoms with Crippen molar-refractivity contribution in [2.45, 2.75) is 87.4 Å². The van der Waals surface area contributed by atoms with Crippen LogP contribution < -0.4 is 15.5 Å². The van der Waals surface area contributed by atoms with Crippen LogP contribution in [-0.2, 0) is 10.2 Å². The number of rotatable bonds is 10. The van der Waals surface area contributed by atoms with Gasteiger partial charge in [0.1, 0.15) is 5.82 Å². The van der Waals surface area contributed by atoms with E-state index in [4.69, 9.17) is 9.97 Å². The van der Waals surface area contributed by atoms with Crippen LogP contribution in [0, 0.1) is 6.92 Å². The van der Waals surface area contributed by atoms with Crippen molar-refractivity contribution in [3.63, 3.8) is 0 Å². The molecule has 2 N–H and O–H groups in total. The summed E-state index contributed by atoms with van der Waals surface area (Å²) >= 11 is 1.47. The third-order valence-electron chi connectivity index (χ3n) is 8.45. The van der Waals surface area contributed by atoms with Crippen molar-refractivity contribution in [3.05, 3.63) is 89.5 Å². The first-order valence-corrected chi connectivity index (χ1v) is 16.7. The van der Waals surface area contributed by atoms with Gasteiger partial charge in [-0.05, 0) is 67.9 Å². The molecule has 45 heavy (non-hydrogen) atoms. The van der Waals surface area contributed by atoms with Crippen molar-refractivity contribution in [2.24, 2.45) is 0 Å². The van der Waals surface area contributed by atoms with Crippen molar-refractivity contribution in [1.82, 2.24) is 15.3 Å². The molecule has 1 aliphatic rings. The Morgan fingerprint density at radius 1 is 0.889 bits per heavy atom. The van der Waals surface area contributed by atoms with E-state index in [9.17, 15) is 9.59 Å². The van der Waals surface area contributed by atoms with E-state index in [0.29, 0.717) is 11.5 Å². The molecule has 4 aromatic rings. The Kier molecular flexibility index (Phi) is 10.1. The van der Waals surface area contributed by atoms with Gasteiger partial charge in [-0.3, -0.25) is 9.59 Å². The maximum Gasteiger partial charge on any atom is 0.234 e. The Hall–Kier alpha value is -3.91. The van der Waals surface area contributed by atoms with E-state index in [1.54, 1.807) is 0 Å². The summed E-state index contributed by atoms with van der Waals surface area (Å²) in [6, 6.07) is 24.3. The number of anilines is 2. The number of carbonyl (C=O) groups excluding carboxylic acids is 2. The summed E-state index contributed by atoms with van der Waals surface area (Å²) < 4.78 is 0. The Labute approximate surface area is 271 Å². The smallest absolute Gasteiger partial charge is 0.234 e. The third kappa shape index (κ3) is 8.42. The molecule has 1 unspecified atom stereocenters. The molecule has 1 atom stereocenters. The highest BCUT2D eigenvalue weighted by molar-refractivity contribution is 8.00. The summed E-state index contributed by atoms with van der Waals surface area (Å²) in [7, 11) is 3.99. The normalized spacial score (nSPS) is 17.5. The van der Waals surface area contributed by atoms with Crippen molar-refractivity contribution >= 4 is 46.1 Å². The fraction of sp³-hybridized carbons (Fsp3) is 0.405. The average Bonchev–Trinajstić information content (AvgIpc) is 3.02. The van der Waals surface area contributed by atoms with E-state index in [1.165, 1.54) is 17.3 Å². The Morgan fingerprint density at radius 3 is 2.18 bits per heavy atom. The molecule has 1 aromatic heterocycles. The molecule has 1 heterocycles. The average molecular weight is 624 g/mol. The second-order valence-corrected chi connectivity index (χ2v) is 14.6. The number of nitrogens with zero attached hydrogens (tertiary/aromatic N) is 3. The molecule has 1 aliphatic carbocycles. The Bertz CT molecular complexity index is 1620. The number of amides is 1. The predicted octanol–water partition coefficient (Wildman–Crippen LogP) is 7.57. The maximum absolute atomic E-state index is 13.7. The highest BCUT2D eigenvalue weighted by atomic mass is 32.2. The van der Waals surface area contributed by atoms with E-state index in [1.807, 2.05) is 98.7 Å². The number of thioether (sulfide) groups is 1. The standard InChI is InChI=1S/C37H45N5O2S/c1-24-11-21-29(22-12-24)45-33(23-32(43)25-13-15-26(16-14-25)37(2,3)4)35(44)38-27-17-19-28(20-18-27)39-36-40-31-10-8-7-9-30(31)34(41-36)42(5)6/h7-16,21-22,27-28,33H,17-20,23H2,1-6H3,(H,38,44)(H,39,40,41). The molecule has 1 amide bonds. The van der Waals surface area contributed by atoms with Crippen molar-refractivity contribution in [1.29, 1.82) is 0 Å². The maximum atomic E-state index is 13.7. The van der Waals surface area contributed by atoms with Crippen LogP contribution in [0.15, 0.2) is 77.7 Å². The number of carbonyl (C=O) groups is 2. The van der Waals surface area contributed by atoms with Crippen molar-refractivity contribution < 1.29 is 9.59 Å². The lowest BCUT2D eigenvalue weighted by molar-refractivity contribution is -0.121. The van der Waals surface area contributed by atoms with Crippen LogP contribution in [0.25, 0.3) is 10.9 Å². The molecule has 8 heteroatoms. The van der Waals surface area contributed by atoms with Gasteiger partial charge in [0.15, 0.2) is 5.78 Å². The SMILES string of the molecule is Cc1ccc(SC(CC(=O)c2ccc(C(C)(C)C)cc2)C(=O)NC2CCC(Nc3nc(N(C)C)c4ccccc4n3)CC2)cc1. The minimum Gasteiger partial charge on any atom is -0.362 e. The number of aryl methyl sites for hydroxylation is 1. The first-order valence-electron chi connectivity index (χ1n) is 15.8. The molecule has 0 aliphatic heterocycles. The second-order valence-electron chi connectivity index (χ2n) is 13.4. The van der Waals surface area contributed by atoms with E-state index in [2.05, 4.69) is 31.4 Å². The number of para-hydroxylation sites is 1. The van der Waals surface area contributed by atoms with Crippen LogP contribution in [-0.4, -0.2) is 53.1 Å². The highest BCUT2D eigenvalue weighted by Crippen LogP contribution is 2.30. The summed E-state index contributed by atoms with van der Waals surface area (Å²) in [5.74, 6) is 1.43. The number of aromatic nitrogens is 2. The first kappa shape index (κ1) is 32.5. The lowest BCUT2D eigenvalue weighted by Gasteiger charge is -2.31. The van der Waals surface area contributed by atoms with Crippen molar-refractivity contribution in [2.75, 3.05) is 24.3 Å². The van der Waals surface area contributed by atoms with Gasteiger partial charge in [0.05, 0.1) is 10.8 Å². The molecule has 0 spiro atoms. The van der Waals surface area contributed by atoms with Crippen LogP contribution in [0.3, 0.4) is 0 Å². The molecular formula is C37H45N5O2S. The summed E-state index contributed by atoms with van der Waals surface area (Å²) in [6.45, 7) is 8.51. The number of Topliss-reactive ketones (excluding diaryl/α,β-unsaturated/α-hetero) is 1. The number of fused-ring (bicyclic) bond motifs is 1. The van der Waals surface area contributed by atoms with Gasteiger partial charge in [-0.1, -0.05) is 74.9 Å². The molecule has 1 fully saturated rings. The molecule has 5 rings (SSSR count). The molecule has 7 nitrogen and oxygen atoms in total. The zero-order chi connectivity index (χ0) is 32.1. The molecule has 0 saturated heterocycles. The van der Waals surface area contributed by atoms with E-state index in [0.717, 1.165) is 52.9 Å². The van der Waals surface area contributed by atoms with Crippen LogP contribution >= 0.6 is 11.8 Å². The monoisotopic (exact) mass is 623 g/mol. The Morgan fingerprint density at radius 2 is 1.53 bits per heavy atom. The van der Waals surface area contributed by atoms with E-state index >= 15 is 0 Å². The van der Waals surface area contributed by atoms with Gasteiger partial charge < -0.3 is 15.5 Å². The fourth-order valence-corrected chi connectivity index (χ4v) is 6.77. The summed E-state index contributed by atoms with van der Waals surface area (Å²) in [5.41, 5.74) is 3.91. The van der Waals surface area contributed by atoms with E-state index < -0.39 is 5.25 Å². The second kappa shape index (κ2) is 14.0. The number of hydrogen-bond acceptors (Lipinski definition) is 7. The number of benzene rings is 3. The summed E-state index contributed by atoms with van der Waals surface area (Å²) in [4.78, 5) is 39.7. The molecule has 236 valence electrons. The zero-order valence-corrected chi connectivity index (χ0v) is 28.1. The van der Waals surface area contributed by atoms with Gasteiger partial charge in [-0.15, -0.1) is 11.8 Å². The minimum absolute atomic E-state index is 0.0114. The van der Waals surface area contributed by atoms with Crippen LogP contribution in [0.5, 0.6) is 0 Å². The largest absolute Gasteiger partial charge is 0.362 e. The fourth-order valence-electron chi connectivity index (χ4n) is 5.74. The lowest BCUT2D eigenvalue weighted by Crippen LogP contribution is -2.44. The number of ketones is 1. The van der Waals surface area contributed by atoms with Gasteiger partial charge in [-0.2, -0.15) is 4.98 Å². The van der Waals surface area contributed by atoms with Crippen LogP contribution in [0.1, 0.15) is 74.4 Å². The Balaban J connectivity index is 1.22. The minimum atomic E-state index is -0.520. The quantitative estimate of drug-likeness (QED) is 0.139. The molecule has 0 bridgehead atoms. The van der Waals surface area contributed by atoms with Gasteiger partial charge in [-0.25, -0.2) is 4.98 Å². The van der Waals surface area contributed by atoms with Crippen molar-refractivity contribution in [3.8, 4) is 0 Å². The van der Waals surface area contributed by atoms with Gasteiger partial charge in [0.25, 0.3) is 0 Å². The van der Waals surface area contributed by atoms with E-state index in [-0.39, 0.29) is 35.6 Å². The lowest BCUT2D eigenvalue weighted by atomic mass is 9.86. The number of nitrogens with one attached hydrogen (secondary N) is 2. The number of hydrogen-bond donors (Lipinski definition) is 2. The summed E-state index contributed by atoms with van der Waals surface area (Å²) in [6.07, 6.45) is 3.63. The van der Waals surface area contributed by atoms with Crippen LogP contribution in [0.2, 0.25) is 0 Å². The topological polar surface area (TPSA) is 87.2 Å². The summed E-state index contributed by atoms with van der Waals surface area (Å²) in [5, 5.41) is 7.35. The molecule has 3 aromatic carbocycles. The zero-order valence-electron chi connectivity index (χ0n) is 27.3. The van der Waals surface area contributed by atoms with Gasteiger partial charge in [0, 0.05) is 48.4 Å². The molecule has 0 radical (unpaired) electrons.